The van der Waals surface area contributed by atoms with E-state index in [-0.39, 0.29) is 22.2 Å². The first kappa shape index (κ1) is 26.3. The summed E-state index contributed by atoms with van der Waals surface area (Å²) in [6, 6.07) is 3.18. The molecule has 0 spiro atoms. The molecule has 0 radical (unpaired) electrons. The van der Waals surface area contributed by atoms with Gasteiger partial charge in [-0.3, -0.25) is 0 Å². The molecule has 3 saturated carbocycles. The number of anilines is 1. The maximum absolute atomic E-state index is 13.8. The molecule has 5 rings (SSSR count). The molecule has 1 atom stereocenters. The minimum atomic E-state index is -3.84. The van der Waals surface area contributed by atoms with E-state index in [1.807, 2.05) is 6.07 Å². The van der Waals surface area contributed by atoms with Crippen molar-refractivity contribution in [1.29, 1.82) is 0 Å². The predicted octanol–water partition coefficient (Wildman–Crippen LogP) is 5.40. The number of rotatable bonds is 11. The Bertz CT molecular complexity index is 1090. The number of carbonyl (C=O) groups is 1. The number of thioether (sulfide) groups is 1. The van der Waals surface area contributed by atoms with Gasteiger partial charge in [0.05, 0.1) is 10.6 Å². The number of aliphatic carboxylic acids is 1. The predicted molar refractivity (Wildman–Crippen MR) is 135 cm³/mol. The average molecular weight is 527 g/mol. The Balaban J connectivity index is 1.82. The van der Waals surface area contributed by atoms with Gasteiger partial charge >= 0.3 is 5.97 Å². The molecule has 2 bridgehead atoms. The van der Waals surface area contributed by atoms with E-state index in [2.05, 4.69) is 18.7 Å². The van der Waals surface area contributed by atoms with Crippen molar-refractivity contribution in [3.63, 3.8) is 0 Å². The van der Waals surface area contributed by atoms with E-state index >= 15 is 0 Å². The van der Waals surface area contributed by atoms with E-state index in [1.165, 1.54) is 22.1 Å². The third-order valence-electron chi connectivity index (χ3n) is 7.60. The van der Waals surface area contributed by atoms with Gasteiger partial charge in [0.1, 0.15) is 16.9 Å². The van der Waals surface area contributed by atoms with Crippen LogP contribution in [0.2, 0.25) is 0 Å². The van der Waals surface area contributed by atoms with Crippen molar-refractivity contribution >= 4 is 33.4 Å². The number of hydrogen-bond donors (Lipinski definition) is 1. The monoisotopic (exact) mass is 526 g/mol. The lowest BCUT2D eigenvalue weighted by Gasteiger charge is -2.67. The van der Waals surface area contributed by atoms with Crippen LogP contribution in [0, 0.1) is 5.92 Å². The highest BCUT2D eigenvalue weighted by atomic mass is 32.2. The molecule has 3 fully saturated rings. The van der Waals surface area contributed by atoms with Crippen LogP contribution in [0.15, 0.2) is 34.0 Å². The standard InChI is InChI=1S/C25H35FN2O5S2/c1-4-6-8-18-15-28(25-12-17(13-25)14-25)20-10-22(34-9-7-5-2)21(33-16-19(26)24(29)30)11-23(20)35(31,32)27(18)3/h10-11,16-18H,4-9,12-15H2,1-3H3,(H,29,30)/b19-16-/t17?,18-,25?/m1/s1. The van der Waals surface area contributed by atoms with E-state index in [0.29, 0.717) is 23.4 Å². The van der Waals surface area contributed by atoms with Crippen molar-refractivity contribution in [2.75, 3.05) is 24.2 Å². The lowest BCUT2D eigenvalue weighted by atomic mass is 9.49. The fourth-order valence-electron chi connectivity index (χ4n) is 5.35. The SMILES string of the molecule is CCCCSc1cc2c(cc1O/C=C(\F)C(=O)O)S(=O)(=O)N(C)[C@H](CCCC)CN2C12CC(C1)C2. The van der Waals surface area contributed by atoms with E-state index in [0.717, 1.165) is 63.0 Å². The van der Waals surface area contributed by atoms with Gasteiger partial charge in [0.15, 0.2) is 0 Å². The van der Waals surface area contributed by atoms with Crippen molar-refractivity contribution in [3.8, 4) is 5.75 Å². The lowest BCUT2D eigenvalue weighted by molar-refractivity contribution is -0.134. The molecule has 1 N–H and O–H groups in total. The van der Waals surface area contributed by atoms with E-state index in [1.54, 1.807) is 7.05 Å². The van der Waals surface area contributed by atoms with Gasteiger partial charge in [-0.25, -0.2) is 13.2 Å². The van der Waals surface area contributed by atoms with Gasteiger partial charge in [-0.2, -0.15) is 8.70 Å². The molecular weight excluding hydrogens is 491 g/mol. The van der Waals surface area contributed by atoms with Crippen molar-refractivity contribution < 1.29 is 27.4 Å². The fourth-order valence-corrected chi connectivity index (χ4v) is 8.01. The van der Waals surface area contributed by atoms with Crippen LogP contribution in [0.4, 0.5) is 10.1 Å². The number of ether oxygens (including phenoxy) is 1. The highest BCUT2D eigenvalue weighted by molar-refractivity contribution is 7.99. The third-order valence-corrected chi connectivity index (χ3v) is 10.7. The number of sulfonamides is 1. The first-order valence-corrected chi connectivity index (χ1v) is 14.9. The van der Waals surface area contributed by atoms with Gasteiger partial charge in [0, 0.05) is 31.2 Å². The van der Waals surface area contributed by atoms with Gasteiger partial charge in [-0.15, -0.1) is 11.8 Å². The summed E-state index contributed by atoms with van der Waals surface area (Å²) < 4.78 is 48.3. The fraction of sp³-hybridized carbons (Fsp3) is 0.640. The zero-order valence-electron chi connectivity index (χ0n) is 20.6. The normalized spacial score (nSPS) is 27.4. The largest absolute Gasteiger partial charge is 0.476 e. The van der Waals surface area contributed by atoms with Crippen LogP contribution >= 0.6 is 11.8 Å². The zero-order valence-corrected chi connectivity index (χ0v) is 22.3. The number of nitrogens with zero attached hydrogens (tertiary/aromatic N) is 2. The van der Waals surface area contributed by atoms with Crippen LogP contribution in [0.25, 0.3) is 0 Å². The molecule has 0 aromatic heterocycles. The highest BCUT2D eigenvalue weighted by Gasteiger charge is 2.61. The molecule has 1 aromatic rings. The summed E-state index contributed by atoms with van der Waals surface area (Å²) in [6.45, 7) is 4.83. The van der Waals surface area contributed by atoms with Gasteiger partial charge in [-0.05, 0) is 49.8 Å². The Kier molecular flexibility index (Phi) is 7.74. The summed E-state index contributed by atoms with van der Waals surface area (Å²) in [6.07, 6.45) is 8.44. The molecule has 35 heavy (non-hydrogen) atoms. The Morgan fingerprint density at radius 1 is 1.26 bits per heavy atom. The highest BCUT2D eigenvalue weighted by Crippen LogP contribution is 2.62. The van der Waals surface area contributed by atoms with E-state index in [4.69, 9.17) is 9.84 Å². The number of unbranched alkanes of at least 4 members (excludes halogenated alkanes) is 2. The third kappa shape index (κ3) is 4.93. The molecule has 7 nitrogen and oxygen atoms in total. The summed E-state index contributed by atoms with van der Waals surface area (Å²) >= 11 is 1.52. The minimum absolute atomic E-state index is 0.00757. The molecule has 1 heterocycles. The van der Waals surface area contributed by atoms with Crippen LogP contribution in [0.5, 0.6) is 5.75 Å². The lowest BCUT2D eigenvalue weighted by Crippen LogP contribution is -2.69. The van der Waals surface area contributed by atoms with Gasteiger partial charge < -0.3 is 14.7 Å². The van der Waals surface area contributed by atoms with Crippen molar-refractivity contribution in [1.82, 2.24) is 4.31 Å². The molecule has 194 valence electrons. The maximum Gasteiger partial charge on any atom is 0.368 e. The second-order valence-electron chi connectivity index (χ2n) is 9.99. The Hall–Kier alpha value is -1.78. The second kappa shape index (κ2) is 10.3. The summed E-state index contributed by atoms with van der Waals surface area (Å²) in [4.78, 5) is 14.1. The number of carboxylic acids is 1. The summed E-state index contributed by atoms with van der Waals surface area (Å²) in [5, 5.41) is 8.87. The van der Waals surface area contributed by atoms with Crippen LogP contribution in [0.1, 0.15) is 65.2 Å². The summed E-state index contributed by atoms with van der Waals surface area (Å²) in [7, 11) is -2.21. The molecule has 0 saturated heterocycles. The van der Waals surface area contributed by atoms with Gasteiger partial charge in [0.25, 0.3) is 0 Å². The van der Waals surface area contributed by atoms with Gasteiger partial charge in [-0.1, -0.05) is 33.1 Å². The van der Waals surface area contributed by atoms with E-state index in [9.17, 15) is 17.6 Å². The number of benzene rings is 1. The Labute approximate surface area is 211 Å². The molecular formula is C25H35FN2O5S2. The maximum atomic E-state index is 13.8. The Morgan fingerprint density at radius 2 is 1.94 bits per heavy atom. The number of fused-ring (bicyclic) bond motifs is 1. The van der Waals surface area contributed by atoms with Crippen LogP contribution in [-0.2, 0) is 14.8 Å². The topological polar surface area (TPSA) is 87.1 Å². The van der Waals surface area contributed by atoms with Crippen LogP contribution in [-0.4, -0.2) is 54.7 Å². The molecule has 4 aliphatic rings. The van der Waals surface area contributed by atoms with Crippen LogP contribution in [0.3, 0.4) is 0 Å². The molecule has 10 heteroatoms. The summed E-state index contributed by atoms with van der Waals surface area (Å²) in [5.41, 5.74) is 0.691. The number of hydrogen-bond acceptors (Lipinski definition) is 6. The number of halogens is 1. The smallest absolute Gasteiger partial charge is 0.368 e. The molecule has 0 amide bonds. The molecule has 0 unspecified atom stereocenters. The second-order valence-corrected chi connectivity index (χ2v) is 13.1. The number of likely N-dealkylation sites (N-methyl/N-ethyl adjacent to an activating group) is 1. The minimum Gasteiger partial charge on any atom is -0.476 e. The van der Waals surface area contributed by atoms with E-state index < -0.39 is 21.8 Å². The first-order valence-electron chi connectivity index (χ1n) is 12.4. The zero-order chi connectivity index (χ0) is 25.4. The van der Waals surface area contributed by atoms with Gasteiger partial charge in [0.2, 0.25) is 15.9 Å². The summed E-state index contributed by atoms with van der Waals surface area (Å²) in [5.74, 6) is -1.51. The van der Waals surface area contributed by atoms with Crippen molar-refractivity contribution in [3.05, 3.63) is 24.2 Å². The quantitative estimate of drug-likeness (QED) is 0.179. The number of carboxylic acid groups (broad SMARTS) is 1. The molecule has 1 aromatic carbocycles. The van der Waals surface area contributed by atoms with Crippen LogP contribution < -0.4 is 9.64 Å². The first-order chi connectivity index (χ1) is 16.6. The average Bonchev–Trinajstić information content (AvgIpc) is 2.83. The Morgan fingerprint density at radius 3 is 2.51 bits per heavy atom. The molecule has 1 aliphatic heterocycles. The molecule has 3 aliphatic carbocycles. The van der Waals surface area contributed by atoms with Crippen molar-refractivity contribution in [2.24, 2.45) is 5.92 Å². The van der Waals surface area contributed by atoms with Crippen molar-refractivity contribution in [2.45, 2.75) is 86.6 Å².